The van der Waals surface area contributed by atoms with Crippen LogP contribution in [0.5, 0.6) is 5.75 Å². The van der Waals surface area contributed by atoms with Crippen LogP contribution in [0.2, 0.25) is 0 Å². The van der Waals surface area contributed by atoms with Gasteiger partial charge in [-0.15, -0.1) is 13.2 Å². The van der Waals surface area contributed by atoms with Gasteiger partial charge in [-0.05, 0) is 17.7 Å². The van der Waals surface area contributed by atoms with Gasteiger partial charge in [0.2, 0.25) is 0 Å². The molecule has 1 N–H and O–H groups in total. The van der Waals surface area contributed by atoms with Gasteiger partial charge in [-0.2, -0.15) is 0 Å². The Morgan fingerprint density at radius 1 is 1.38 bits per heavy atom. The van der Waals surface area contributed by atoms with E-state index in [2.05, 4.69) is 10.1 Å². The Hall–Kier alpha value is -1.99. The number of ether oxygens (including phenoxy) is 2. The molecule has 1 atom stereocenters. The molecule has 8 heteroatoms. The van der Waals surface area contributed by atoms with E-state index in [4.69, 9.17) is 4.74 Å². The first-order valence-electron chi connectivity index (χ1n) is 6.07. The molecule has 0 spiro atoms. The third kappa shape index (κ3) is 3.56. The van der Waals surface area contributed by atoms with Crippen molar-refractivity contribution >= 4 is 6.09 Å². The van der Waals surface area contributed by atoms with Crippen LogP contribution in [0, 0.1) is 11.2 Å². The lowest BCUT2D eigenvalue weighted by molar-refractivity contribution is -0.275. The highest BCUT2D eigenvalue weighted by atomic mass is 19.4. The van der Waals surface area contributed by atoms with Crippen LogP contribution in [0.25, 0.3) is 0 Å². The molecule has 1 aliphatic heterocycles. The van der Waals surface area contributed by atoms with Gasteiger partial charge in [-0.1, -0.05) is 19.9 Å². The van der Waals surface area contributed by atoms with Crippen molar-refractivity contribution in [2.24, 2.45) is 5.41 Å². The first-order chi connectivity index (χ1) is 9.58. The summed E-state index contributed by atoms with van der Waals surface area (Å²) >= 11 is 0. The van der Waals surface area contributed by atoms with Gasteiger partial charge in [0.25, 0.3) is 0 Å². The Morgan fingerprint density at radius 2 is 2.05 bits per heavy atom. The molecule has 2 rings (SSSR count). The summed E-state index contributed by atoms with van der Waals surface area (Å²) in [6, 6.07) is 2.50. The number of benzene rings is 1. The molecular weight excluding hydrogens is 294 g/mol. The summed E-state index contributed by atoms with van der Waals surface area (Å²) in [5.41, 5.74) is -0.198. The largest absolute Gasteiger partial charge is 0.573 e. The van der Waals surface area contributed by atoms with Gasteiger partial charge >= 0.3 is 12.5 Å². The smallest absolute Gasteiger partial charge is 0.449 e. The molecule has 21 heavy (non-hydrogen) atoms. The molecule has 1 saturated heterocycles. The summed E-state index contributed by atoms with van der Waals surface area (Å²) in [6.07, 6.45) is -5.62. The second-order valence-electron chi connectivity index (χ2n) is 5.38. The van der Waals surface area contributed by atoms with Gasteiger partial charge < -0.3 is 14.8 Å². The maximum atomic E-state index is 13.7. The monoisotopic (exact) mass is 307 g/mol. The summed E-state index contributed by atoms with van der Waals surface area (Å²) in [4.78, 5) is 11.3. The minimum Gasteiger partial charge on any atom is -0.449 e. The number of hydrogen-bond donors (Lipinski definition) is 1. The maximum absolute atomic E-state index is 13.7. The van der Waals surface area contributed by atoms with Crippen LogP contribution in [0.1, 0.15) is 25.5 Å². The summed E-state index contributed by atoms with van der Waals surface area (Å²) in [5, 5.41) is 2.53. The highest BCUT2D eigenvalue weighted by Gasteiger charge is 2.38. The fourth-order valence-electron chi connectivity index (χ4n) is 2.13. The zero-order valence-corrected chi connectivity index (χ0v) is 11.3. The number of hydrogen-bond acceptors (Lipinski definition) is 3. The average molecular weight is 307 g/mol. The molecule has 0 radical (unpaired) electrons. The lowest BCUT2D eigenvalue weighted by atomic mass is 9.80. The number of alkyl halides is 3. The molecule has 0 aliphatic carbocycles. The van der Waals surface area contributed by atoms with Crippen molar-refractivity contribution in [3.05, 3.63) is 29.6 Å². The molecule has 4 nitrogen and oxygen atoms in total. The molecular formula is C13H13F4NO3. The Balaban J connectivity index is 2.28. The quantitative estimate of drug-likeness (QED) is 0.850. The van der Waals surface area contributed by atoms with Crippen molar-refractivity contribution in [3.63, 3.8) is 0 Å². The maximum Gasteiger partial charge on any atom is 0.573 e. The van der Waals surface area contributed by atoms with E-state index in [9.17, 15) is 22.4 Å². The first-order valence-corrected chi connectivity index (χ1v) is 6.07. The Morgan fingerprint density at radius 3 is 2.62 bits per heavy atom. The van der Waals surface area contributed by atoms with E-state index < -0.39 is 35.5 Å². The van der Waals surface area contributed by atoms with Crippen LogP contribution in [-0.2, 0) is 4.74 Å². The SMILES string of the molecule is CC1(C)COC(=O)N[C@@H]1c1ccc(OC(F)(F)F)c(F)c1. The van der Waals surface area contributed by atoms with Crippen molar-refractivity contribution in [2.45, 2.75) is 26.3 Å². The molecule has 1 aromatic carbocycles. The van der Waals surface area contributed by atoms with Crippen LogP contribution >= 0.6 is 0 Å². The van der Waals surface area contributed by atoms with Gasteiger partial charge in [0.15, 0.2) is 11.6 Å². The van der Waals surface area contributed by atoms with Gasteiger partial charge in [-0.3, -0.25) is 0 Å². The zero-order chi connectivity index (χ0) is 15.8. The number of carbonyl (C=O) groups is 1. The number of carbonyl (C=O) groups excluding carboxylic acids is 1. The predicted molar refractivity (Wildman–Crippen MR) is 64.1 cm³/mol. The Labute approximate surface area is 118 Å². The third-order valence-electron chi connectivity index (χ3n) is 3.13. The van der Waals surface area contributed by atoms with E-state index >= 15 is 0 Å². The highest BCUT2D eigenvalue weighted by molar-refractivity contribution is 5.69. The summed E-state index contributed by atoms with van der Waals surface area (Å²) in [5.74, 6) is -2.07. The van der Waals surface area contributed by atoms with Crippen molar-refractivity contribution in [1.29, 1.82) is 0 Å². The first kappa shape index (κ1) is 15.4. The molecule has 0 bridgehead atoms. The molecule has 0 aromatic heterocycles. The number of nitrogens with one attached hydrogen (secondary N) is 1. The zero-order valence-electron chi connectivity index (χ0n) is 11.3. The minimum absolute atomic E-state index is 0.117. The van der Waals surface area contributed by atoms with Crippen molar-refractivity contribution in [2.75, 3.05) is 6.61 Å². The van der Waals surface area contributed by atoms with Gasteiger partial charge in [0.05, 0.1) is 6.04 Å². The van der Waals surface area contributed by atoms with Crippen molar-refractivity contribution in [3.8, 4) is 5.75 Å². The second-order valence-corrected chi connectivity index (χ2v) is 5.38. The van der Waals surface area contributed by atoms with Gasteiger partial charge in [0.1, 0.15) is 6.61 Å². The van der Waals surface area contributed by atoms with E-state index in [0.29, 0.717) is 5.56 Å². The molecule has 1 aromatic rings. The molecule has 1 heterocycles. The van der Waals surface area contributed by atoms with Crippen LogP contribution < -0.4 is 10.1 Å². The number of alkyl carbamates (subject to hydrolysis) is 1. The van der Waals surface area contributed by atoms with E-state index in [1.54, 1.807) is 13.8 Å². The fourth-order valence-corrected chi connectivity index (χ4v) is 2.13. The average Bonchev–Trinajstić information content (AvgIpc) is 2.33. The summed E-state index contributed by atoms with van der Waals surface area (Å²) in [6.45, 7) is 3.69. The Bertz CT molecular complexity index is 557. The van der Waals surface area contributed by atoms with E-state index in [1.807, 2.05) is 0 Å². The second kappa shape index (κ2) is 5.09. The van der Waals surface area contributed by atoms with Crippen molar-refractivity contribution < 1.29 is 31.8 Å². The number of amides is 1. The topological polar surface area (TPSA) is 47.6 Å². The van der Waals surface area contributed by atoms with Crippen LogP contribution in [0.3, 0.4) is 0 Å². The lowest BCUT2D eigenvalue weighted by Gasteiger charge is -2.38. The minimum atomic E-state index is -4.96. The Kier molecular flexibility index (Phi) is 3.73. The predicted octanol–water partition coefficient (Wildman–Crippen LogP) is 3.53. The molecule has 1 fully saturated rings. The molecule has 116 valence electrons. The van der Waals surface area contributed by atoms with Gasteiger partial charge in [-0.25, -0.2) is 9.18 Å². The van der Waals surface area contributed by atoms with Crippen molar-refractivity contribution in [1.82, 2.24) is 5.32 Å². The van der Waals surface area contributed by atoms with Crippen LogP contribution in [0.15, 0.2) is 18.2 Å². The summed E-state index contributed by atoms with van der Waals surface area (Å²) in [7, 11) is 0. The molecule has 0 unspecified atom stereocenters. The number of rotatable bonds is 2. The van der Waals surface area contributed by atoms with Crippen LogP contribution in [-0.4, -0.2) is 19.1 Å². The standard InChI is InChI=1S/C13H13F4NO3/c1-12(2)6-20-11(19)18-10(12)7-3-4-9(8(14)5-7)21-13(15,16)17/h3-5,10H,6H2,1-2H3,(H,18,19)/t10-/m1/s1. The molecule has 0 saturated carbocycles. The van der Waals surface area contributed by atoms with Gasteiger partial charge in [0, 0.05) is 5.41 Å². The normalized spacial score (nSPS) is 21.4. The highest BCUT2D eigenvalue weighted by Crippen LogP contribution is 2.38. The van der Waals surface area contributed by atoms with E-state index in [-0.39, 0.29) is 6.61 Å². The molecule has 1 amide bonds. The number of cyclic esters (lactones) is 1. The summed E-state index contributed by atoms with van der Waals surface area (Å²) < 4.78 is 58.4. The lowest BCUT2D eigenvalue weighted by Crippen LogP contribution is -2.46. The van der Waals surface area contributed by atoms with E-state index in [1.165, 1.54) is 6.07 Å². The molecule has 1 aliphatic rings. The van der Waals surface area contributed by atoms with Crippen LogP contribution in [0.4, 0.5) is 22.4 Å². The fraction of sp³-hybridized carbons (Fsp3) is 0.462. The third-order valence-corrected chi connectivity index (χ3v) is 3.13. The van der Waals surface area contributed by atoms with E-state index in [0.717, 1.165) is 12.1 Å². The number of halogens is 4.